The minimum Gasteiger partial charge on any atom is -0.337 e. The van der Waals surface area contributed by atoms with Crippen molar-refractivity contribution < 1.29 is 4.79 Å². The smallest absolute Gasteiger partial charge is 0.253 e. The van der Waals surface area contributed by atoms with Gasteiger partial charge in [0.2, 0.25) is 0 Å². The fourth-order valence-electron chi connectivity index (χ4n) is 3.38. The predicted octanol–water partition coefficient (Wildman–Crippen LogP) is 4.37. The summed E-state index contributed by atoms with van der Waals surface area (Å²) in [5.74, 6) is 0.0141. The lowest BCUT2D eigenvalue weighted by molar-refractivity contribution is 0.0785. The van der Waals surface area contributed by atoms with Gasteiger partial charge in [-0.05, 0) is 50.2 Å². The summed E-state index contributed by atoms with van der Waals surface area (Å²) < 4.78 is 1.83. The molecule has 0 saturated heterocycles. The van der Waals surface area contributed by atoms with Gasteiger partial charge in [0.1, 0.15) is 0 Å². The van der Waals surface area contributed by atoms with E-state index in [-0.39, 0.29) is 5.91 Å². The summed E-state index contributed by atoms with van der Waals surface area (Å²) in [5.41, 5.74) is 3.94. The van der Waals surface area contributed by atoms with Gasteiger partial charge < -0.3 is 4.90 Å². The van der Waals surface area contributed by atoms with Crippen LogP contribution in [0.4, 0.5) is 0 Å². The Balaban J connectivity index is 1.62. The molecule has 29 heavy (non-hydrogen) atoms. The van der Waals surface area contributed by atoms with Crippen LogP contribution in [0.2, 0.25) is 0 Å². The van der Waals surface area contributed by atoms with E-state index < -0.39 is 0 Å². The highest BCUT2D eigenvalue weighted by Crippen LogP contribution is 2.14. The lowest BCUT2D eigenvalue weighted by Crippen LogP contribution is -2.30. The van der Waals surface area contributed by atoms with Crippen molar-refractivity contribution in [1.29, 1.82) is 0 Å². The van der Waals surface area contributed by atoms with Crippen molar-refractivity contribution >= 4 is 5.91 Å². The normalized spacial score (nSPS) is 11.2. The van der Waals surface area contributed by atoms with Crippen LogP contribution in [0.3, 0.4) is 0 Å². The van der Waals surface area contributed by atoms with E-state index in [1.807, 2.05) is 66.6 Å². The van der Waals surface area contributed by atoms with Crippen molar-refractivity contribution in [3.05, 3.63) is 83.7 Å². The van der Waals surface area contributed by atoms with Gasteiger partial charge in [-0.1, -0.05) is 37.3 Å². The summed E-state index contributed by atoms with van der Waals surface area (Å²) in [5, 5.41) is 4.41. The monoisotopic (exact) mass is 390 g/mol. The third kappa shape index (κ3) is 5.33. The summed E-state index contributed by atoms with van der Waals surface area (Å²) in [6.07, 6.45) is 3.78. The first-order valence-corrected chi connectivity index (χ1v) is 10.2. The molecule has 0 aliphatic carbocycles. The average Bonchev–Trinajstić information content (AvgIpc) is 3.20. The minimum atomic E-state index is 0.0141. The molecule has 5 nitrogen and oxygen atoms in total. The van der Waals surface area contributed by atoms with Crippen LogP contribution in [0.15, 0.2) is 67.0 Å². The zero-order valence-corrected chi connectivity index (χ0v) is 17.7. The summed E-state index contributed by atoms with van der Waals surface area (Å²) in [7, 11) is 1.83. The molecule has 1 amide bonds. The molecule has 0 bridgehead atoms. The van der Waals surface area contributed by atoms with E-state index in [1.165, 1.54) is 5.56 Å². The van der Waals surface area contributed by atoms with Crippen molar-refractivity contribution in [3.63, 3.8) is 0 Å². The number of benzene rings is 2. The average molecular weight is 391 g/mol. The maximum atomic E-state index is 12.8. The van der Waals surface area contributed by atoms with Crippen LogP contribution in [0.5, 0.6) is 0 Å². The van der Waals surface area contributed by atoms with Crippen LogP contribution in [-0.2, 0) is 13.1 Å². The third-order valence-corrected chi connectivity index (χ3v) is 5.15. The number of hydrogen-bond donors (Lipinski definition) is 0. The number of hydrogen-bond acceptors (Lipinski definition) is 3. The Kier molecular flexibility index (Phi) is 6.83. The Bertz CT molecular complexity index is 916. The molecule has 3 rings (SSSR count). The molecule has 0 N–H and O–H groups in total. The lowest BCUT2D eigenvalue weighted by Gasteiger charge is -2.24. The van der Waals surface area contributed by atoms with E-state index in [0.717, 1.165) is 24.3 Å². The fourth-order valence-corrected chi connectivity index (χ4v) is 3.38. The van der Waals surface area contributed by atoms with Crippen LogP contribution in [0.1, 0.15) is 42.3 Å². The van der Waals surface area contributed by atoms with E-state index in [0.29, 0.717) is 18.2 Å². The molecule has 1 aromatic heterocycles. The molecule has 1 heterocycles. The number of carbonyl (C=O) groups is 1. The maximum absolute atomic E-state index is 12.8. The first-order chi connectivity index (χ1) is 14.0. The first-order valence-electron chi connectivity index (χ1n) is 10.2. The van der Waals surface area contributed by atoms with Crippen LogP contribution in [0.25, 0.3) is 5.69 Å². The van der Waals surface area contributed by atoms with Crippen LogP contribution in [-0.4, -0.2) is 45.1 Å². The topological polar surface area (TPSA) is 41.4 Å². The lowest BCUT2D eigenvalue weighted by atomic mass is 10.1. The van der Waals surface area contributed by atoms with Crippen LogP contribution < -0.4 is 0 Å². The van der Waals surface area contributed by atoms with Gasteiger partial charge in [0.15, 0.2) is 0 Å². The summed E-state index contributed by atoms with van der Waals surface area (Å²) >= 11 is 0. The van der Waals surface area contributed by atoms with Crippen molar-refractivity contribution in [2.75, 3.05) is 13.6 Å². The number of para-hydroxylation sites is 1. The molecule has 152 valence electrons. The van der Waals surface area contributed by atoms with Gasteiger partial charge in [-0.15, -0.1) is 0 Å². The van der Waals surface area contributed by atoms with E-state index >= 15 is 0 Å². The van der Waals surface area contributed by atoms with Gasteiger partial charge in [0.25, 0.3) is 5.91 Å². The molecular weight excluding hydrogens is 360 g/mol. The van der Waals surface area contributed by atoms with Crippen molar-refractivity contribution in [2.45, 2.75) is 39.9 Å². The molecule has 0 aliphatic rings. The Morgan fingerprint density at radius 3 is 2.31 bits per heavy atom. The molecule has 0 saturated carbocycles. The molecule has 5 heteroatoms. The molecule has 2 aromatic carbocycles. The van der Waals surface area contributed by atoms with Gasteiger partial charge in [-0.2, -0.15) is 5.10 Å². The second-order valence-electron chi connectivity index (χ2n) is 7.64. The van der Waals surface area contributed by atoms with E-state index in [9.17, 15) is 4.79 Å². The van der Waals surface area contributed by atoms with E-state index in [2.05, 4.69) is 42.9 Å². The van der Waals surface area contributed by atoms with E-state index in [4.69, 9.17) is 0 Å². The van der Waals surface area contributed by atoms with Crippen molar-refractivity contribution in [2.24, 2.45) is 0 Å². The SMILES string of the molecule is CCN(Cc1ccc(C(=O)N(C)Cc2cnn(-c3ccccc3)c2)cc1)C(C)C. The number of nitrogens with zero attached hydrogens (tertiary/aromatic N) is 4. The van der Waals surface area contributed by atoms with Gasteiger partial charge in [-0.25, -0.2) is 4.68 Å². The number of rotatable bonds is 8. The number of amides is 1. The molecule has 0 atom stereocenters. The minimum absolute atomic E-state index is 0.0141. The molecule has 0 spiro atoms. The third-order valence-electron chi connectivity index (χ3n) is 5.15. The Morgan fingerprint density at radius 2 is 1.69 bits per heavy atom. The van der Waals surface area contributed by atoms with E-state index in [1.54, 1.807) is 4.90 Å². The van der Waals surface area contributed by atoms with Crippen LogP contribution >= 0.6 is 0 Å². The van der Waals surface area contributed by atoms with Crippen molar-refractivity contribution in [3.8, 4) is 5.69 Å². The summed E-state index contributed by atoms with van der Waals surface area (Å²) in [4.78, 5) is 16.9. The highest BCUT2D eigenvalue weighted by Gasteiger charge is 2.14. The highest BCUT2D eigenvalue weighted by molar-refractivity contribution is 5.94. The molecule has 0 unspecified atom stereocenters. The molecular formula is C24H30N4O. The standard InChI is InChI=1S/C24H30N4O/c1-5-27(19(2)3)17-20-11-13-22(14-12-20)24(29)26(4)16-21-15-25-28(18-21)23-9-7-6-8-10-23/h6-15,18-19H,5,16-17H2,1-4H3. The maximum Gasteiger partial charge on any atom is 0.253 e. The molecule has 0 aliphatic heterocycles. The Labute approximate surface area is 173 Å². The molecule has 3 aromatic rings. The van der Waals surface area contributed by atoms with Crippen molar-refractivity contribution in [1.82, 2.24) is 19.6 Å². The summed E-state index contributed by atoms with van der Waals surface area (Å²) in [6, 6.07) is 18.4. The quantitative estimate of drug-likeness (QED) is 0.573. The zero-order chi connectivity index (χ0) is 20.8. The summed E-state index contributed by atoms with van der Waals surface area (Å²) in [6.45, 7) is 9.01. The van der Waals surface area contributed by atoms with Crippen LogP contribution in [0, 0.1) is 0 Å². The Hall–Kier alpha value is -2.92. The highest BCUT2D eigenvalue weighted by atomic mass is 16.2. The molecule has 0 fully saturated rings. The fraction of sp³-hybridized carbons (Fsp3) is 0.333. The number of carbonyl (C=O) groups excluding carboxylic acids is 1. The Morgan fingerprint density at radius 1 is 1.00 bits per heavy atom. The number of aromatic nitrogens is 2. The van der Waals surface area contributed by atoms with Gasteiger partial charge in [0.05, 0.1) is 11.9 Å². The van der Waals surface area contributed by atoms with Gasteiger partial charge in [-0.3, -0.25) is 9.69 Å². The predicted molar refractivity (Wildman–Crippen MR) is 117 cm³/mol. The largest absolute Gasteiger partial charge is 0.337 e. The second-order valence-corrected chi connectivity index (χ2v) is 7.64. The van der Waals surface area contributed by atoms with Gasteiger partial charge in [0, 0.05) is 43.5 Å². The first kappa shape index (κ1) is 20.8. The molecule has 0 radical (unpaired) electrons. The second kappa shape index (κ2) is 9.52. The zero-order valence-electron chi connectivity index (χ0n) is 17.7. The van der Waals surface area contributed by atoms with Gasteiger partial charge >= 0.3 is 0 Å².